The van der Waals surface area contributed by atoms with Gasteiger partial charge in [0.25, 0.3) is 10.9 Å². The fourth-order valence-corrected chi connectivity index (χ4v) is 4.92. The summed E-state index contributed by atoms with van der Waals surface area (Å²) in [7, 11) is 3.15. The second-order valence-electron chi connectivity index (χ2n) is 9.66. The van der Waals surface area contributed by atoms with Gasteiger partial charge in [-0.25, -0.2) is 8.42 Å². The third-order valence-corrected chi connectivity index (χ3v) is 7.37. The Morgan fingerprint density at radius 1 is 1.13 bits per heavy atom. The van der Waals surface area contributed by atoms with E-state index in [4.69, 9.17) is 21.1 Å². The minimum Gasteiger partial charge on any atom is -0.870 e. The number of nitrogens with one attached hydrogen (secondary N) is 3. The SMILES string of the molecule is CC[C@@H](Nc1c(Nc2ccc(Cl)c(S(=O)(=O)NCOC)c2[O-])c(=O)c1=O)c1ccc(C)o1.C[N+](C)(C)CCO. The Hall–Kier alpha value is -2.94. The van der Waals surface area contributed by atoms with Gasteiger partial charge < -0.3 is 34.5 Å². The average molecular weight is 587 g/mol. The van der Waals surface area contributed by atoms with E-state index in [1.807, 2.05) is 6.92 Å². The van der Waals surface area contributed by atoms with E-state index in [-0.39, 0.29) is 35.4 Å². The normalized spacial score (nSPS) is 12.6. The highest BCUT2D eigenvalue weighted by Crippen LogP contribution is 2.37. The van der Waals surface area contributed by atoms with Crippen LogP contribution in [0.15, 0.2) is 43.2 Å². The van der Waals surface area contributed by atoms with Crippen molar-refractivity contribution < 1.29 is 32.3 Å². The van der Waals surface area contributed by atoms with Crippen molar-refractivity contribution in [1.82, 2.24) is 4.72 Å². The van der Waals surface area contributed by atoms with Gasteiger partial charge in [0.15, 0.2) is 0 Å². The van der Waals surface area contributed by atoms with Crippen molar-refractivity contribution in [3.8, 4) is 5.75 Å². The zero-order valence-electron chi connectivity index (χ0n) is 22.8. The van der Waals surface area contributed by atoms with Crippen LogP contribution in [0.2, 0.25) is 5.02 Å². The zero-order valence-corrected chi connectivity index (χ0v) is 24.3. The van der Waals surface area contributed by atoms with Gasteiger partial charge in [-0.3, -0.25) is 9.59 Å². The number of hydrogen-bond donors (Lipinski definition) is 4. The molecule has 0 radical (unpaired) electrons. The maximum absolute atomic E-state index is 12.8. The summed E-state index contributed by atoms with van der Waals surface area (Å²) < 4.78 is 38.0. The van der Waals surface area contributed by atoms with Crippen LogP contribution in [0.1, 0.15) is 30.9 Å². The van der Waals surface area contributed by atoms with Crippen LogP contribution in [0.5, 0.6) is 5.75 Å². The Bertz CT molecular complexity index is 1440. The lowest BCUT2D eigenvalue weighted by Crippen LogP contribution is -2.37. The number of aliphatic hydroxyl groups is 1. The molecule has 1 heterocycles. The molecule has 0 aliphatic heterocycles. The van der Waals surface area contributed by atoms with Gasteiger partial charge in [0.05, 0.1) is 43.7 Å². The Morgan fingerprint density at radius 2 is 1.77 bits per heavy atom. The van der Waals surface area contributed by atoms with Gasteiger partial charge >= 0.3 is 0 Å². The first-order valence-corrected chi connectivity index (χ1v) is 13.9. The second kappa shape index (κ2) is 13.4. The highest BCUT2D eigenvalue weighted by molar-refractivity contribution is 7.89. The molecule has 0 unspecified atom stereocenters. The lowest BCUT2D eigenvalue weighted by atomic mass is 10.1. The van der Waals surface area contributed by atoms with Crippen molar-refractivity contribution in [2.75, 3.05) is 58.8 Å². The number of nitrogens with zero attached hydrogens (tertiary/aromatic N) is 1. The van der Waals surface area contributed by atoms with Gasteiger partial charge in [0.1, 0.15) is 36.2 Å². The van der Waals surface area contributed by atoms with Crippen molar-refractivity contribution in [1.29, 1.82) is 0 Å². The summed E-state index contributed by atoms with van der Waals surface area (Å²) in [5.74, 6) is 0.308. The summed E-state index contributed by atoms with van der Waals surface area (Å²) in [6.07, 6.45) is 0.548. The fourth-order valence-electron chi connectivity index (χ4n) is 3.37. The number of hydrogen-bond acceptors (Lipinski definition) is 10. The van der Waals surface area contributed by atoms with E-state index in [9.17, 15) is 23.1 Å². The van der Waals surface area contributed by atoms with Crippen LogP contribution >= 0.6 is 11.6 Å². The molecular formula is C25H35ClN4O8S. The lowest BCUT2D eigenvalue weighted by molar-refractivity contribution is -0.870. The Balaban J connectivity index is 0.000000673. The molecule has 2 aromatic carbocycles. The Labute approximate surface area is 232 Å². The minimum atomic E-state index is -4.28. The molecule has 0 spiro atoms. The van der Waals surface area contributed by atoms with Gasteiger partial charge in [-0.1, -0.05) is 24.3 Å². The molecule has 0 saturated heterocycles. The molecule has 0 amide bonds. The van der Waals surface area contributed by atoms with Crippen LogP contribution < -0.4 is 31.3 Å². The third kappa shape index (κ3) is 8.27. The van der Waals surface area contributed by atoms with Crippen LogP contribution in [0.25, 0.3) is 0 Å². The second-order valence-corrected chi connectivity index (χ2v) is 11.8. The molecule has 0 aliphatic rings. The van der Waals surface area contributed by atoms with Crippen molar-refractivity contribution >= 4 is 38.7 Å². The molecular weight excluding hydrogens is 552 g/mol. The number of furan rings is 1. The summed E-state index contributed by atoms with van der Waals surface area (Å²) >= 11 is 5.94. The molecule has 1 atom stereocenters. The van der Waals surface area contributed by atoms with E-state index in [2.05, 4.69) is 41.2 Å². The fraction of sp³-hybridized carbons (Fsp3) is 0.440. The van der Waals surface area contributed by atoms with Gasteiger partial charge in [0.2, 0.25) is 10.0 Å². The van der Waals surface area contributed by atoms with Crippen molar-refractivity contribution in [2.24, 2.45) is 0 Å². The number of quaternary nitrogens is 1. The molecule has 12 nitrogen and oxygen atoms in total. The molecule has 39 heavy (non-hydrogen) atoms. The highest BCUT2D eigenvalue weighted by atomic mass is 35.5. The first kappa shape index (κ1) is 32.3. The van der Waals surface area contributed by atoms with E-state index in [1.165, 1.54) is 19.2 Å². The highest BCUT2D eigenvalue weighted by Gasteiger charge is 2.26. The number of rotatable bonds is 12. The van der Waals surface area contributed by atoms with Gasteiger partial charge in [0, 0.05) is 12.8 Å². The summed E-state index contributed by atoms with van der Waals surface area (Å²) in [6.45, 7) is 4.40. The largest absolute Gasteiger partial charge is 0.870 e. The maximum Gasteiger partial charge on any atom is 0.253 e. The summed E-state index contributed by atoms with van der Waals surface area (Å²) in [5, 5.41) is 26.4. The van der Waals surface area contributed by atoms with Crippen molar-refractivity contribution in [2.45, 2.75) is 31.2 Å². The van der Waals surface area contributed by atoms with E-state index in [0.717, 1.165) is 11.0 Å². The number of sulfonamides is 1. The number of ether oxygens (including phenoxy) is 1. The lowest BCUT2D eigenvalue weighted by Gasteiger charge is -2.24. The smallest absolute Gasteiger partial charge is 0.253 e. The molecule has 4 N–H and O–H groups in total. The van der Waals surface area contributed by atoms with Crippen LogP contribution in [0.4, 0.5) is 17.1 Å². The number of benzene rings is 1. The average Bonchev–Trinajstić information content (AvgIpc) is 3.28. The molecule has 0 fully saturated rings. The number of methoxy groups -OCH3 is 1. The van der Waals surface area contributed by atoms with E-state index >= 15 is 0 Å². The zero-order chi connectivity index (χ0) is 29.5. The molecule has 3 aromatic rings. The molecule has 3 rings (SSSR count). The molecule has 0 saturated carbocycles. The van der Waals surface area contributed by atoms with Gasteiger partial charge in [-0.05, 0) is 37.6 Å². The standard InChI is InChI=1S/C20H22ClN3O7S.C5H14NO/c1-4-12(14-8-5-10(2)31-14)23-15-16(19(27)18(15)26)24-13-7-6-11(21)20(17(13)25)32(28,29)22-9-30-3;1-6(2,3)4-5-7/h5-8,12,22-25H,4,9H2,1-3H3;7H,4-5H2,1-3H3/q;+1/p-1/t12-;/m1./s1. The Morgan fingerprint density at radius 3 is 2.26 bits per heavy atom. The monoisotopic (exact) mass is 586 g/mol. The maximum atomic E-state index is 12.8. The molecule has 0 aliphatic carbocycles. The first-order chi connectivity index (χ1) is 18.2. The number of aryl methyl sites for hydroxylation is 1. The Kier molecular flexibility index (Phi) is 11.1. The minimum absolute atomic E-state index is 0.0211. The van der Waals surface area contributed by atoms with E-state index < -0.39 is 37.6 Å². The molecule has 216 valence electrons. The quantitative estimate of drug-likeness (QED) is 0.139. The van der Waals surface area contributed by atoms with E-state index in [1.54, 1.807) is 19.1 Å². The van der Waals surface area contributed by atoms with Gasteiger partial charge in [-0.2, -0.15) is 4.72 Å². The van der Waals surface area contributed by atoms with Crippen LogP contribution in [-0.4, -0.2) is 66.1 Å². The summed E-state index contributed by atoms with van der Waals surface area (Å²) in [4.78, 5) is 23.7. The third-order valence-electron chi connectivity index (χ3n) is 5.50. The van der Waals surface area contributed by atoms with Crippen molar-refractivity contribution in [3.05, 3.63) is 61.3 Å². The van der Waals surface area contributed by atoms with Crippen LogP contribution in [-0.2, 0) is 14.8 Å². The predicted octanol–water partition coefficient (Wildman–Crippen LogP) is 1.78. The topological polar surface area (TPSA) is 170 Å². The number of anilines is 3. The molecule has 14 heteroatoms. The number of halogens is 1. The molecule has 1 aromatic heterocycles. The van der Waals surface area contributed by atoms with Gasteiger partial charge in [-0.15, -0.1) is 0 Å². The van der Waals surface area contributed by atoms with Crippen LogP contribution in [0, 0.1) is 6.92 Å². The first-order valence-electron chi connectivity index (χ1n) is 12.0. The summed E-state index contributed by atoms with van der Waals surface area (Å²) in [5.41, 5.74) is -2.00. The van der Waals surface area contributed by atoms with Crippen LogP contribution in [0.3, 0.4) is 0 Å². The number of aliphatic hydroxyl groups excluding tert-OH is 1. The summed E-state index contributed by atoms with van der Waals surface area (Å²) in [6, 6.07) is 5.57. The predicted molar refractivity (Wildman–Crippen MR) is 148 cm³/mol. The number of likely N-dealkylation sites (N-methyl/N-ethyl adjacent to an activating group) is 1. The molecule has 0 bridgehead atoms. The van der Waals surface area contributed by atoms with E-state index in [0.29, 0.717) is 17.9 Å². The van der Waals surface area contributed by atoms with Crippen molar-refractivity contribution in [3.63, 3.8) is 0 Å².